The van der Waals surface area contributed by atoms with Crippen LogP contribution in [0.3, 0.4) is 0 Å². The number of nitrogens with zero attached hydrogens (tertiary/aromatic N) is 2. The molecule has 0 saturated carbocycles. The van der Waals surface area contributed by atoms with Gasteiger partial charge in [-0.25, -0.2) is 4.98 Å². The van der Waals surface area contributed by atoms with Crippen LogP contribution in [0, 0.1) is 0 Å². The number of pyridine rings is 1. The molecule has 8 heteroatoms. The number of rotatable bonds is 4. The zero-order valence-corrected chi connectivity index (χ0v) is 14.1. The van der Waals surface area contributed by atoms with E-state index in [1.54, 1.807) is 18.6 Å². The Morgan fingerprint density at radius 2 is 1.95 bits per heavy atom. The molecule has 0 aromatic carbocycles. The first kappa shape index (κ1) is 19.8. The fourth-order valence-electron chi connectivity index (χ4n) is 1.43. The zero-order valence-electron chi connectivity index (χ0n) is 11.7. The third-order valence-corrected chi connectivity index (χ3v) is 3.66. The van der Waals surface area contributed by atoms with Crippen LogP contribution in [-0.4, -0.2) is 28.0 Å². The maximum atomic E-state index is 12.1. The van der Waals surface area contributed by atoms with Crippen LogP contribution in [-0.2, 0) is 0 Å². The van der Waals surface area contributed by atoms with Crippen LogP contribution in [0.1, 0.15) is 23.5 Å². The van der Waals surface area contributed by atoms with Crippen molar-refractivity contribution < 1.29 is 4.79 Å². The van der Waals surface area contributed by atoms with Gasteiger partial charge in [-0.05, 0) is 26.0 Å². The number of halogens is 2. The molecule has 1 amide bonds. The van der Waals surface area contributed by atoms with E-state index in [0.717, 1.165) is 10.6 Å². The third kappa shape index (κ3) is 5.24. The molecule has 0 aliphatic carbocycles. The van der Waals surface area contributed by atoms with Gasteiger partial charge in [-0.3, -0.25) is 9.78 Å². The number of aromatic nitrogens is 2. The van der Waals surface area contributed by atoms with E-state index in [0.29, 0.717) is 11.4 Å². The van der Waals surface area contributed by atoms with E-state index >= 15 is 0 Å². The lowest BCUT2D eigenvalue weighted by Crippen LogP contribution is -2.48. The minimum Gasteiger partial charge on any atom is -0.345 e. The summed E-state index contributed by atoms with van der Waals surface area (Å²) in [5, 5.41) is 3.68. The lowest BCUT2D eigenvalue weighted by molar-refractivity contribution is 0.0919. The molecule has 0 aliphatic heterocycles. The fraction of sp³-hybridized carbons (Fsp3) is 0.308. The van der Waals surface area contributed by atoms with Crippen LogP contribution in [0.4, 0.5) is 0 Å². The Hall–Kier alpha value is -1.21. The van der Waals surface area contributed by atoms with Crippen molar-refractivity contribution in [3.05, 3.63) is 35.6 Å². The molecule has 2 aromatic rings. The molecule has 0 saturated heterocycles. The molecule has 2 aromatic heterocycles. The maximum absolute atomic E-state index is 12.1. The number of hydrogen-bond donors (Lipinski definition) is 2. The van der Waals surface area contributed by atoms with Gasteiger partial charge in [-0.15, -0.1) is 36.2 Å². The van der Waals surface area contributed by atoms with Gasteiger partial charge < -0.3 is 11.1 Å². The van der Waals surface area contributed by atoms with E-state index in [-0.39, 0.29) is 30.7 Å². The normalized spacial score (nSPS) is 10.2. The first-order valence-electron chi connectivity index (χ1n) is 5.91. The van der Waals surface area contributed by atoms with Gasteiger partial charge in [0.15, 0.2) is 0 Å². The van der Waals surface area contributed by atoms with Crippen LogP contribution < -0.4 is 11.1 Å². The van der Waals surface area contributed by atoms with Crippen LogP contribution in [0.25, 0.3) is 10.6 Å². The molecule has 0 bridgehead atoms. The molecule has 2 rings (SSSR count). The van der Waals surface area contributed by atoms with Gasteiger partial charge in [-0.2, -0.15) is 0 Å². The lowest BCUT2D eigenvalue weighted by Gasteiger charge is -2.23. The van der Waals surface area contributed by atoms with Crippen molar-refractivity contribution in [1.82, 2.24) is 15.3 Å². The molecule has 0 unspecified atom stereocenters. The SMILES string of the molecule is CC(C)(CN)NC(=O)c1cnc(-c2ccncc2)s1.Cl.Cl. The van der Waals surface area contributed by atoms with Crippen molar-refractivity contribution in [2.45, 2.75) is 19.4 Å². The topological polar surface area (TPSA) is 80.9 Å². The summed E-state index contributed by atoms with van der Waals surface area (Å²) in [5.41, 5.74) is 6.13. The van der Waals surface area contributed by atoms with Crippen molar-refractivity contribution in [3.63, 3.8) is 0 Å². The minimum absolute atomic E-state index is 0. The van der Waals surface area contributed by atoms with Gasteiger partial charge in [0.05, 0.1) is 6.20 Å². The molecule has 116 valence electrons. The number of thiazole rings is 1. The zero-order chi connectivity index (χ0) is 13.9. The highest BCUT2D eigenvalue weighted by Gasteiger charge is 2.20. The van der Waals surface area contributed by atoms with Crippen LogP contribution in [0.2, 0.25) is 0 Å². The van der Waals surface area contributed by atoms with Crippen LogP contribution >= 0.6 is 36.2 Å². The smallest absolute Gasteiger partial charge is 0.263 e. The summed E-state index contributed by atoms with van der Waals surface area (Å²) in [6, 6.07) is 3.73. The quantitative estimate of drug-likeness (QED) is 0.889. The molecule has 21 heavy (non-hydrogen) atoms. The van der Waals surface area contributed by atoms with E-state index in [1.807, 2.05) is 26.0 Å². The summed E-state index contributed by atoms with van der Waals surface area (Å²) < 4.78 is 0. The van der Waals surface area contributed by atoms with Crippen molar-refractivity contribution in [2.24, 2.45) is 5.73 Å². The summed E-state index contributed by atoms with van der Waals surface area (Å²) in [6.45, 7) is 4.15. The van der Waals surface area contributed by atoms with Crippen molar-refractivity contribution in [2.75, 3.05) is 6.54 Å². The Balaban J connectivity index is 0.00000200. The van der Waals surface area contributed by atoms with E-state index in [9.17, 15) is 4.79 Å². The number of carbonyl (C=O) groups is 1. The average Bonchev–Trinajstić information content (AvgIpc) is 2.89. The van der Waals surface area contributed by atoms with E-state index in [2.05, 4.69) is 15.3 Å². The Morgan fingerprint density at radius 1 is 1.33 bits per heavy atom. The van der Waals surface area contributed by atoms with Gasteiger partial charge in [0, 0.05) is 30.0 Å². The molecule has 0 spiro atoms. The van der Waals surface area contributed by atoms with E-state index in [4.69, 9.17) is 5.73 Å². The standard InChI is InChI=1S/C13H16N4OS.2ClH/c1-13(2,8-14)17-11(18)10-7-16-12(19-10)9-3-5-15-6-4-9;;/h3-7H,8,14H2,1-2H3,(H,17,18);2*1H. The third-order valence-electron chi connectivity index (χ3n) is 2.62. The molecule has 0 fully saturated rings. The van der Waals surface area contributed by atoms with Crippen LogP contribution in [0.5, 0.6) is 0 Å². The van der Waals surface area contributed by atoms with Gasteiger partial charge in [0.25, 0.3) is 5.91 Å². The lowest BCUT2D eigenvalue weighted by atomic mass is 10.1. The second kappa shape index (κ2) is 8.29. The Bertz CT molecular complexity index is 575. The second-order valence-electron chi connectivity index (χ2n) is 4.81. The first-order chi connectivity index (χ1) is 9.02. The van der Waals surface area contributed by atoms with Crippen molar-refractivity contribution >= 4 is 42.1 Å². The first-order valence-corrected chi connectivity index (χ1v) is 6.72. The fourth-order valence-corrected chi connectivity index (χ4v) is 2.24. The van der Waals surface area contributed by atoms with Gasteiger partial charge in [0.2, 0.25) is 0 Å². The largest absolute Gasteiger partial charge is 0.345 e. The Kier molecular flexibility index (Phi) is 7.81. The predicted octanol–water partition coefficient (Wildman–Crippen LogP) is 2.52. The summed E-state index contributed by atoms with van der Waals surface area (Å²) in [5.74, 6) is -0.145. The second-order valence-corrected chi connectivity index (χ2v) is 5.84. The number of nitrogens with one attached hydrogen (secondary N) is 1. The Labute approximate surface area is 140 Å². The molecule has 3 N–H and O–H groups in total. The minimum atomic E-state index is -0.419. The molecular formula is C13H18Cl2N4OS. The number of hydrogen-bond acceptors (Lipinski definition) is 5. The van der Waals surface area contributed by atoms with Crippen molar-refractivity contribution in [1.29, 1.82) is 0 Å². The highest BCUT2D eigenvalue weighted by atomic mass is 35.5. The van der Waals surface area contributed by atoms with Gasteiger partial charge >= 0.3 is 0 Å². The highest BCUT2D eigenvalue weighted by molar-refractivity contribution is 7.16. The van der Waals surface area contributed by atoms with Gasteiger partial charge in [0.1, 0.15) is 9.88 Å². The predicted molar refractivity (Wildman–Crippen MR) is 90.4 cm³/mol. The van der Waals surface area contributed by atoms with Crippen LogP contribution in [0.15, 0.2) is 30.7 Å². The molecule has 0 radical (unpaired) electrons. The number of carbonyl (C=O) groups excluding carboxylic acids is 1. The molecule has 5 nitrogen and oxygen atoms in total. The number of amides is 1. The summed E-state index contributed by atoms with van der Waals surface area (Å²) in [6.07, 6.45) is 4.99. The molecule has 2 heterocycles. The van der Waals surface area contributed by atoms with Crippen molar-refractivity contribution in [3.8, 4) is 10.6 Å². The highest BCUT2D eigenvalue weighted by Crippen LogP contribution is 2.24. The summed E-state index contributed by atoms with van der Waals surface area (Å²) >= 11 is 1.35. The summed E-state index contributed by atoms with van der Waals surface area (Å²) in [4.78, 5) is 20.9. The van der Waals surface area contributed by atoms with E-state index in [1.165, 1.54) is 11.3 Å². The van der Waals surface area contributed by atoms with Gasteiger partial charge in [-0.1, -0.05) is 0 Å². The molecule has 0 aliphatic rings. The average molecular weight is 349 g/mol. The Morgan fingerprint density at radius 3 is 2.52 bits per heavy atom. The monoisotopic (exact) mass is 348 g/mol. The maximum Gasteiger partial charge on any atom is 0.263 e. The molecular weight excluding hydrogens is 331 g/mol. The summed E-state index contributed by atoms with van der Waals surface area (Å²) in [7, 11) is 0. The molecule has 0 atom stereocenters. The van der Waals surface area contributed by atoms with E-state index < -0.39 is 5.54 Å². The number of nitrogens with two attached hydrogens (primary N) is 1.